The van der Waals surface area contributed by atoms with E-state index >= 15 is 0 Å². The smallest absolute Gasteiger partial charge is 0.408 e. The SMILES string of the molecule is Cc1cccc(C(C(=O)NC(C)(C)C)N(C(=O)C(Cc2ccc(O)cc2)NC(=O)OC(C)(C)C)C(C)C)c1O. The zero-order chi connectivity index (χ0) is 29.7. The lowest BCUT2D eigenvalue weighted by atomic mass is 9.96. The number of phenolic OH excluding ortho intramolecular Hbond substituents is 2. The number of aromatic hydroxyl groups is 2. The minimum atomic E-state index is -1.18. The minimum Gasteiger partial charge on any atom is -0.508 e. The maximum absolute atomic E-state index is 14.3. The van der Waals surface area contributed by atoms with Gasteiger partial charge in [0.05, 0.1) is 0 Å². The van der Waals surface area contributed by atoms with Crippen LogP contribution in [-0.2, 0) is 20.7 Å². The Balaban J connectivity index is 2.62. The van der Waals surface area contributed by atoms with Gasteiger partial charge in [-0.15, -0.1) is 0 Å². The summed E-state index contributed by atoms with van der Waals surface area (Å²) in [5.41, 5.74) is 0.112. The molecule has 2 unspecified atom stereocenters. The number of ether oxygens (including phenoxy) is 1. The topological polar surface area (TPSA) is 128 Å². The van der Waals surface area contributed by atoms with Gasteiger partial charge in [-0.2, -0.15) is 0 Å². The fourth-order valence-electron chi connectivity index (χ4n) is 4.14. The molecule has 0 aromatic heterocycles. The fraction of sp³-hybridized carbons (Fsp3) is 0.500. The molecule has 39 heavy (non-hydrogen) atoms. The summed E-state index contributed by atoms with van der Waals surface area (Å²) in [6.45, 7) is 15.9. The van der Waals surface area contributed by atoms with Crippen molar-refractivity contribution in [3.05, 3.63) is 59.2 Å². The van der Waals surface area contributed by atoms with Crippen LogP contribution in [0.1, 0.15) is 78.1 Å². The van der Waals surface area contributed by atoms with Crippen LogP contribution in [0.15, 0.2) is 42.5 Å². The molecule has 0 saturated heterocycles. The highest BCUT2D eigenvalue weighted by molar-refractivity contribution is 5.93. The lowest BCUT2D eigenvalue weighted by Crippen LogP contribution is -2.57. The summed E-state index contributed by atoms with van der Waals surface area (Å²) in [6.07, 6.45) is -0.702. The van der Waals surface area contributed by atoms with Gasteiger partial charge >= 0.3 is 6.09 Å². The van der Waals surface area contributed by atoms with E-state index in [1.165, 1.54) is 17.0 Å². The predicted molar refractivity (Wildman–Crippen MR) is 150 cm³/mol. The molecular formula is C30H43N3O6. The molecule has 214 valence electrons. The van der Waals surface area contributed by atoms with Crippen molar-refractivity contribution in [3.8, 4) is 11.5 Å². The summed E-state index contributed by atoms with van der Waals surface area (Å²) in [4.78, 5) is 42.2. The maximum atomic E-state index is 14.3. The van der Waals surface area contributed by atoms with Gasteiger partial charge in [0, 0.05) is 23.6 Å². The Labute approximate surface area is 231 Å². The van der Waals surface area contributed by atoms with Gasteiger partial charge in [-0.25, -0.2) is 4.79 Å². The molecule has 2 rings (SSSR count). The molecule has 9 heteroatoms. The second kappa shape index (κ2) is 12.4. The Bertz CT molecular complexity index is 1160. The normalized spacial score (nSPS) is 13.4. The van der Waals surface area contributed by atoms with Crippen LogP contribution >= 0.6 is 0 Å². The van der Waals surface area contributed by atoms with Crippen LogP contribution in [0, 0.1) is 6.92 Å². The number of phenols is 2. The van der Waals surface area contributed by atoms with Crippen molar-refractivity contribution < 1.29 is 29.3 Å². The van der Waals surface area contributed by atoms with E-state index in [9.17, 15) is 24.6 Å². The Morgan fingerprint density at radius 3 is 2.05 bits per heavy atom. The van der Waals surface area contributed by atoms with E-state index in [0.29, 0.717) is 11.1 Å². The molecule has 0 aliphatic heterocycles. The lowest BCUT2D eigenvalue weighted by molar-refractivity contribution is -0.145. The molecule has 0 bridgehead atoms. The first-order valence-corrected chi connectivity index (χ1v) is 13.1. The van der Waals surface area contributed by atoms with Gasteiger partial charge < -0.3 is 30.5 Å². The number of nitrogens with zero attached hydrogens (tertiary/aromatic N) is 1. The quantitative estimate of drug-likeness (QED) is 0.382. The molecule has 2 aromatic carbocycles. The number of hydrogen-bond donors (Lipinski definition) is 4. The molecule has 0 saturated carbocycles. The van der Waals surface area contributed by atoms with Crippen LogP contribution in [0.4, 0.5) is 4.79 Å². The molecule has 0 heterocycles. The third kappa shape index (κ3) is 9.19. The number of carbonyl (C=O) groups is 3. The van der Waals surface area contributed by atoms with Crippen LogP contribution in [0.3, 0.4) is 0 Å². The molecule has 3 amide bonds. The molecule has 9 nitrogen and oxygen atoms in total. The van der Waals surface area contributed by atoms with E-state index in [-0.39, 0.29) is 23.5 Å². The van der Waals surface area contributed by atoms with Crippen LogP contribution < -0.4 is 10.6 Å². The van der Waals surface area contributed by atoms with Crippen LogP contribution in [0.25, 0.3) is 0 Å². The summed E-state index contributed by atoms with van der Waals surface area (Å²) in [7, 11) is 0. The third-order valence-corrected chi connectivity index (χ3v) is 5.76. The monoisotopic (exact) mass is 541 g/mol. The molecular weight excluding hydrogens is 498 g/mol. The number of hydrogen-bond acceptors (Lipinski definition) is 6. The molecule has 0 aliphatic rings. The molecule has 4 N–H and O–H groups in total. The number of aryl methyl sites for hydroxylation is 1. The minimum absolute atomic E-state index is 0.0689. The lowest BCUT2D eigenvalue weighted by Gasteiger charge is -2.38. The molecule has 0 radical (unpaired) electrons. The number of amides is 3. The number of rotatable bonds is 8. The number of nitrogens with one attached hydrogen (secondary N) is 2. The fourth-order valence-corrected chi connectivity index (χ4v) is 4.14. The van der Waals surface area contributed by atoms with Gasteiger partial charge in [0.1, 0.15) is 29.2 Å². The van der Waals surface area contributed by atoms with Crippen molar-refractivity contribution in [2.75, 3.05) is 0 Å². The van der Waals surface area contributed by atoms with Gasteiger partial charge in [-0.05, 0) is 85.6 Å². The molecule has 0 aliphatic carbocycles. The van der Waals surface area contributed by atoms with Crippen molar-refractivity contribution in [2.45, 2.75) is 98.0 Å². The van der Waals surface area contributed by atoms with Crippen molar-refractivity contribution >= 4 is 17.9 Å². The van der Waals surface area contributed by atoms with E-state index in [4.69, 9.17) is 4.74 Å². The summed E-state index contributed by atoms with van der Waals surface area (Å²) >= 11 is 0. The van der Waals surface area contributed by atoms with E-state index in [0.717, 1.165) is 0 Å². The van der Waals surface area contributed by atoms with Crippen molar-refractivity contribution in [2.24, 2.45) is 0 Å². The Hall–Kier alpha value is -3.75. The zero-order valence-electron chi connectivity index (χ0n) is 24.5. The third-order valence-electron chi connectivity index (χ3n) is 5.76. The highest BCUT2D eigenvalue weighted by Crippen LogP contribution is 2.34. The van der Waals surface area contributed by atoms with Gasteiger partial charge in [0.15, 0.2) is 0 Å². The highest BCUT2D eigenvalue weighted by Gasteiger charge is 2.40. The van der Waals surface area contributed by atoms with Gasteiger partial charge in [0.2, 0.25) is 11.8 Å². The average molecular weight is 542 g/mol. The number of carbonyl (C=O) groups excluding carboxylic acids is 3. The molecule has 0 spiro atoms. The van der Waals surface area contributed by atoms with Crippen LogP contribution in [0.2, 0.25) is 0 Å². The Morgan fingerprint density at radius 2 is 1.54 bits per heavy atom. The number of benzene rings is 2. The summed E-state index contributed by atoms with van der Waals surface area (Å²) in [5.74, 6) is -1.01. The number of para-hydroxylation sites is 1. The van der Waals surface area contributed by atoms with Crippen LogP contribution in [-0.4, -0.2) is 56.2 Å². The molecule has 0 fully saturated rings. The summed E-state index contributed by atoms with van der Waals surface area (Å²) in [5, 5.41) is 26.3. The first-order valence-electron chi connectivity index (χ1n) is 13.1. The van der Waals surface area contributed by atoms with E-state index in [1.807, 2.05) is 20.8 Å². The average Bonchev–Trinajstić information content (AvgIpc) is 2.77. The van der Waals surface area contributed by atoms with E-state index in [2.05, 4.69) is 10.6 Å². The first-order chi connectivity index (χ1) is 17.9. The summed E-state index contributed by atoms with van der Waals surface area (Å²) in [6, 6.07) is 8.58. The molecule has 2 aromatic rings. The van der Waals surface area contributed by atoms with Gasteiger partial charge in [0.25, 0.3) is 0 Å². The maximum Gasteiger partial charge on any atom is 0.408 e. The zero-order valence-corrected chi connectivity index (χ0v) is 24.5. The standard InChI is InChI=1S/C30H43N3O6/c1-18(2)33(24(26(36)32-29(4,5)6)22-12-10-11-19(3)25(22)35)27(37)23(31-28(38)39-30(7,8)9)17-20-13-15-21(34)16-14-20/h10-16,18,23-24,34-35H,17H2,1-9H3,(H,31,38)(H,32,36). The highest BCUT2D eigenvalue weighted by atomic mass is 16.6. The second-order valence-electron chi connectivity index (χ2n) is 12.1. The summed E-state index contributed by atoms with van der Waals surface area (Å²) < 4.78 is 5.43. The van der Waals surface area contributed by atoms with Crippen molar-refractivity contribution in [1.29, 1.82) is 0 Å². The van der Waals surface area contributed by atoms with Gasteiger partial charge in [-0.3, -0.25) is 9.59 Å². The van der Waals surface area contributed by atoms with Crippen molar-refractivity contribution in [1.82, 2.24) is 15.5 Å². The predicted octanol–water partition coefficient (Wildman–Crippen LogP) is 4.74. The Morgan fingerprint density at radius 1 is 0.949 bits per heavy atom. The van der Waals surface area contributed by atoms with Crippen LogP contribution in [0.5, 0.6) is 11.5 Å². The van der Waals surface area contributed by atoms with Crippen molar-refractivity contribution in [3.63, 3.8) is 0 Å². The molecule has 2 atom stereocenters. The van der Waals surface area contributed by atoms with E-state index in [1.54, 1.807) is 71.9 Å². The van der Waals surface area contributed by atoms with Gasteiger partial charge in [-0.1, -0.05) is 30.3 Å². The first kappa shape index (κ1) is 31.5. The Kier molecular flexibility index (Phi) is 10.0. The second-order valence-corrected chi connectivity index (χ2v) is 12.1. The largest absolute Gasteiger partial charge is 0.508 e. The number of alkyl carbamates (subject to hydrolysis) is 1. The van der Waals surface area contributed by atoms with E-state index < -0.39 is 47.2 Å².